The first-order chi connectivity index (χ1) is 11.7. The lowest BCUT2D eigenvalue weighted by molar-refractivity contribution is -0.125. The first-order valence-electron chi connectivity index (χ1n) is 9.25. The van der Waals surface area contributed by atoms with Crippen LogP contribution in [0.15, 0.2) is 24.5 Å². The van der Waals surface area contributed by atoms with Gasteiger partial charge < -0.3 is 10.1 Å². The van der Waals surface area contributed by atoms with Gasteiger partial charge in [0.05, 0.1) is 18.1 Å². The van der Waals surface area contributed by atoms with Crippen LogP contribution in [0.2, 0.25) is 0 Å². The summed E-state index contributed by atoms with van der Waals surface area (Å²) in [7, 11) is 0. The molecule has 1 spiro atoms. The predicted molar refractivity (Wildman–Crippen MR) is 91.3 cm³/mol. The summed E-state index contributed by atoms with van der Waals surface area (Å²) >= 11 is 0. The van der Waals surface area contributed by atoms with Crippen LogP contribution in [0.4, 0.5) is 0 Å². The molecule has 130 valence electrons. The van der Waals surface area contributed by atoms with Crippen molar-refractivity contribution in [3.05, 3.63) is 30.1 Å². The van der Waals surface area contributed by atoms with Crippen molar-refractivity contribution in [3.8, 4) is 0 Å². The van der Waals surface area contributed by atoms with Crippen molar-refractivity contribution < 1.29 is 9.53 Å². The van der Waals surface area contributed by atoms with Crippen LogP contribution in [-0.2, 0) is 16.1 Å². The zero-order chi connectivity index (χ0) is 16.4. The Labute approximate surface area is 143 Å². The van der Waals surface area contributed by atoms with E-state index in [0.717, 1.165) is 51.4 Å². The molecule has 1 N–H and O–H groups in total. The van der Waals surface area contributed by atoms with Gasteiger partial charge in [0.2, 0.25) is 5.91 Å². The SMILES string of the molecule is O=C(NCC1CC1)[C@H]1COC2(CCN(Cc3cccnc3)CC2)C1. The van der Waals surface area contributed by atoms with Gasteiger partial charge in [-0.2, -0.15) is 0 Å². The fourth-order valence-electron chi connectivity index (χ4n) is 3.94. The average Bonchev–Trinajstić information content (AvgIpc) is 3.36. The van der Waals surface area contributed by atoms with E-state index in [1.165, 1.54) is 18.4 Å². The normalized spacial score (nSPS) is 26.6. The highest BCUT2D eigenvalue weighted by Crippen LogP contribution is 2.39. The van der Waals surface area contributed by atoms with Crippen LogP contribution in [0.5, 0.6) is 0 Å². The van der Waals surface area contributed by atoms with Crippen molar-refractivity contribution in [1.29, 1.82) is 0 Å². The van der Waals surface area contributed by atoms with E-state index in [1.807, 2.05) is 18.5 Å². The maximum absolute atomic E-state index is 12.3. The van der Waals surface area contributed by atoms with Gasteiger partial charge in [-0.3, -0.25) is 14.7 Å². The molecule has 4 rings (SSSR count). The van der Waals surface area contributed by atoms with Gasteiger partial charge in [-0.15, -0.1) is 0 Å². The second-order valence-corrected chi connectivity index (χ2v) is 7.72. The fourth-order valence-corrected chi connectivity index (χ4v) is 3.94. The van der Waals surface area contributed by atoms with E-state index in [1.54, 1.807) is 0 Å². The summed E-state index contributed by atoms with van der Waals surface area (Å²) in [4.78, 5) is 19.0. The van der Waals surface area contributed by atoms with E-state index < -0.39 is 0 Å². The molecule has 1 aromatic rings. The summed E-state index contributed by atoms with van der Waals surface area (Å²) in [5.41, 5.74) is 1.20. The van der Waals surface area contributed by atoms with Crippen molar-refractivity contribution in [3.63, 3.8) is 0 Å². The number of amides is 1. The Morgan fingerprint density at radius 3 is 2.92 bits per heavy atom. The van der Waals surface area contributed by atoms with E-state index in [-0.39, 0.29) is 17.4 Å². The van der Waals surface area contributed by atoms with Crippen molar-refractivity contribution in [1.82, 2.24) is 15.2 Å². The minimum absolute atomic E-state index is 0.0497. The van der Waals surface area contributed by atoms with Gasteiger partial charge in [-0.1, -0.05) is 6.07 Å². The van der Waals surface area contributed by atoms with Gasteiger partial charge in [0.25, 0.3) is 0 Å². The van der Waals surface area contributed by atoms with Crippen molar-refractivity contribution in [2.45, 2.75) is 44.2 Å². The Hall–Kier alpha value is -1.46. The summed E-state index contributed by atoms with van der Waals surface area (Å²) < 4.78 is 6.14. The second-order valence-electron chi connectivity index (χ2n) is 7.72. The minimum Gasteiger partial charge on any atom is -0.374 e. The molecule has 3 heterocycles. The molecule has 1 saturated carbocycles. The van der Waals surface area contributed by atoms with Crippen molar-refractivity contribution in [2.24, 2.45) is 11.8 Å². The van der Waals surface area contributed by atoms with Gasteiger partial charge in [0, 0.05) is 38.6 Å². The number of hydrogen-bond acceptors (Lipinski definition) is 4. The summed E-state index contributed by atoms with van der Waals surface area (Å²) in [6.07, 6.45) is 9.26. The van der Waals surface area contributed by atoms with Crippen LogP contribution in [0.1, 0.15) is 37.7 Å². The molecule has 0 aromatic carbocycles. The van der Waals surface area contributed by atoms with Gasteiger partial charge in [0.15, 0.2) is 0 Å². The number of aromatic nitrogens is 1. The number of pyridine rings is 1. The lowest BCUT2D eigenvalue weighted by Gasteiger charge is -2.38. The monoisotopic (exact) mass is 329 g/mol. The van der Waals surface area contributed by atoms with E-state index in [4.69, 9.17) is 4.74 Å². The quantitative estimate of drug-likeness (QED) is 0.897. The van der Waals surface area contributed by atoms with E-state index >= 15 is 0 Å². The lowest BCUT2D eigenvalue weighted by Crippen LogP contribution is -2.44. The molecule has 0 radical (unpaired) electrons. The number of ether oxygens (including phenoxy) is 1. The zero-order valence-electron chi connectivity index (χ0n) is 14.2. The maximum atomic E-state index is 12.3. The Balaban J connectivity index is 1.25. The summed E-state index contributed by atoms with van der Waals surface area (Å²) in [6, 6.07) is 4.12. The third-order valence-electron chi connectivity index (χ3n) is 5.74. The molecule has 5 heteroatoms. The van der Waals surface area contributed by atoms with Crippen LogP contribution < -0.4 is 5.32 Å². The summed E-state index contributed by atoms with van der Waals surface area (Å²) in [6.45, 7) is 4.48. The third-order valence-corrected chi connectivity index (χ3v) is 5.74. The Bertz CT molecular complexity index is 565. The molecule has 1 amide bonds. The zero-order valence-corrected chi connectivity index (χ0v) is 14.2. The number of rotatable bonds is 5. The molecular weight excluding hydrogens is 302 g/mol. The number of nitrogens with zero attached hydrogens (tertiary/aromatic N) is 2. The number of nitrogens with one attached hydrogen (secondary N) is 1. The van der Waals surface area contributed by atoms with Crippen LogP contribution in [0, 0.1) is 11.8 Å². The highest BCUT2D eigenvalue weighted by molar-refractivity contribution is 5.79. The molecule has 2 saturated heterocycles. The van der Waals surface area contributed by atoms with Crippen LogP contribution in [0.25, 0.3) is 0 Å². The third kappa shape index (κ3) is 3.78. The standard InChI is InChI=1S/C19H27N3O2/c23-18(21-12-15-3-4-15)17-10-19(24-14-17)5-8-22(9-6-19)13-16-2-1-7-20-11-16/h1-2,7,11,15,17H,3-6,8-10,12-14H2,(H,21,23)/t17-/m1/s1. The molecule has 24 heavy (non-hydrogen) atoms. The molecule has 0 bridgehead atoms. The topological polar surface area (TPSA) is 54.5 Å². The van der Waals surface area contributed by atoms with Crippen LogP contribution >= 0.6 is 0 Å². The number of carbonyl (C=O) groups excluding carboxylic acids is 1. The minimum atomic E-state index is -0.0625. The maximum Gasteiger partial charge on any atom is 0.225 e. The van der Waals surface area contributed by atoms with Crippen LogP contribution in [0.3, 0.4) is 0 Å². The van der Waals surface area contributed by atoms with E-state index in [9.17, 15) is 4.79 Å². The molecule has 1 aliphatic carbocycles. The van der Waals surface area contributed by atoms with Gasteiger partial charge >= 0.3 is 0 Å². The highest BCUT2D eigenvalue weighted by Gasteiger charge is 2.44. The molecule has 3 fully saturated rings. The molecule has 2 aliphatic heterocycles. The fraction of sp³-hybridized carbons (Fsp3) is 0.684. The second kappa shape index (κ2) is 6.81. The number of likely N-dealkylation sites (tertiary alicyclic amines) is 1. The Kier molecular flexibility index (Phi) is 4.55. The van der Waals surface area contributed by atoms with Gasteiger partial charge in [-0.05, 0) is 49.7 Å². The number of carbonyl (C=O) groups is 1. The van der Waals surface area contributed by atoms with Crippen molar-refractivity contribution >= 4 is 5.91 Å². The smallest absolute Gasteiger partial charge is 0.225 e. The highest BCUT2D eigenvalue weighted by atomic mass is 16.5. The number of piperidine rings is 1. The summed E-state index contributed by atoms with van der Waals surface area (Å²) in [5.74, 6) is 0.992. The molecule has 1 aromatic heterocycles. The first-order valence-corrected chi connectivity index (χ1v) is 9.25. The lowest BCUT2D eigenvalue weighted by atomic mass is 9.85. The molecule has 0 unspecified atom stereocenters. The van der Waals surface area contributed by atoms with E-state index in [2.05, 4.69) is 21.3 Å². The number of hydrogen-bond donors (Lipinski definition) is 1. The molecular formula is C19H27N3O2. The van der Waals surface area contributed by atoms with Crippen molar-refractivity contribution in [2.75, 3.05) is 26.2 Å². The van der Waals surface area contributed by atoms with Gasteiger partial charge in [0.1, 0.15) is 0 Å². The molecule has 5 nitrogen and oxygen atoms in total. The van der Waals surface area contributed by atoms with Crippen LogP contribution in [-0.4, -0.2) is 47.6 Å². The largest absolute Gasteiger partial charge is 0.374 e. The first kappa shape index (κ1) is 16.0. The Morgan fingerprint density at radius 1 is 1.38 bits per heavy atom. The van der Waals surface area contributed by atoms with E-state index in [0.29, 0.717) is 6.61 Å². The summed E-state index contributed by atoms with van der Waals surface area (Å²) in [5, 5.41) is 3.11. The molecule has 3 aliphatic rings. The molecule has 1 atom stereocenters. The predicted octanol–water partition coefficient (Wildman–Crippen LogP) is 1.98. The Morgan fingerprint density at radius 2 is 2.21 bits per heavy atom. The average molecular weight is 329 g/mol. The van der Waals surface area contributed by atoms with Gasteiger partial charge in [-0.25, -0.2) is 0 Å².